The average molecular weight is 595 g/mol. The molecule has 0 aromatic heterocycles. The summed E-state index contributed by atoms with van der Waals surface area (Å²) < 4.78 is 10.8. The van der Waals surface area contributed by atoms with Crippen molar-refractivity contribution in [2.24, 2.45) is 11.8 Å². The fourth-order valence-corrected chi connectivity index (χ4v) is 5.55. The highest BCUT2D eigenvalue weighted by atomic mass is 16.5. The van der Waals surface area contributed by atoms with E-state index >= 15 is 0 Å². The minimum absolute atomic E-state index is 0.0186. The Hall–Kier alpha value is -1.06. The van der Waals surface area contributed by atoms with Crippen LogP contribution in [0.3, 0.4) is 0 Å². The van der Waals surface area contributed by atoms with Crippen molar-refractivity contribution in [2.45, 2.75) is 207 Å². The molecule has 0 amide bonds. The Bertz CT molecular complexity index is 521. The first-order valence-corrected chi connectivity index (χ1v) is 18.7. The lowest BCUT2D eigenvalue weighted by Crippen LogP contribution is -2.05. The molecule has 0 aliphatic carbocycles. The topological polar surface area (TPSA) is 52.6 Å². The molecule has 0 aromatic carbocycles. The molecule has 0 heterocycles. The van der Waals surface area contributed by atoms with Gasteiger partial charge in [0, 0.05) is 12.8 Å². The molecule has 42 heavy (non-hydrogen) atoms. The lowest BCUT2D eigenvalue weighted by molar-refractivity contribution is -0.144. The first-order chi connectivity index (χ1) is 20.4. The Morgan fingerprint density at radius 3 is 0.881 bits per heavy atom. The third-order valence-electron chi connectivity index (χ3n) is 8.39. The summed E-state index contributed by atoms with van der Waals surface area (Å²) in [4.78, 5) is 23.8. The quantitative estimate of drug-likeness (QED) is 0.0560. The maximum atomic E-state index is 11.9. The highest BCUT2D eigenvalue weighted by Crippen LogP contribution is 2.15. The van der Waals surface area contributed by atoms with E-state index in [2.05, 4.69) is 27.7 Å². The summed E-state index contributed by atoms with van der Waals surface area (Å²) in [6.07, 6.45) is 33.3. The van der Waals surface area contributed by atoms with Gasteiger partial charge >= 0.3 is 11.9 Å². The van der Waals surface area contributed by atoms with Crippen molar-refractivity contribution in [3.05, 3.63) is 0 Å². The van der Waals surface area contributed by atoms with E-state index in [1.165, 1.54) is 128 Å². The van der Waals surface area contributed by atoms with Crippen LogP contribution in [0.2, 0.25) is 0 Å². The largest absolute Gasteiger partial charge is 0.466 e. The van der Waals surface area contributed by atoms with Gasteiger partial charge in [-0.25, -0.2) is 0 Å². The smallest absolute Gasteiger partial charge is 0.305 e. The fourth-order valence-electron chi connectivity index (χ4n) is 5.55. The van der Waals surface area contributed by atoms with Gasteiger partial charge in [-0.15, -0.1) is 0 Å². The number of unbranched alkanes of at least 4 members (excludes halogenated alkanes) is 21. The maximum Gasteiger partial charge on any atom is 0.305 e. The van der Waals surface area contributed by atoms with Gasteiger partial charge in [0.25, 0.3) is 0 Å². The Morgan fingerprint density at radius 2 is 0.595 bits per heavy atom. The number of hydrogen-bond donors (Lipinski definition) is 0. The molecule has 0 N–H and O–H groups in total. The van der Waals surface area contributed by atoms with E-state index in [1.807, 2.05) is 0 Å². The van der Waals surface area contributed by atoms with E-state index < -0.39 is 0 Å². The number of ether oxygens (including phenoxy) is 2. The third-order valence-corrected chi connectivity index (χ3v) is 8.39. The lowest BCUT2D eigenvalue weighted by Gasteiger charge is -2.06. The van der Waals surface area contributed by atoms with Gasteiger partial charge in [-0.3, -0.25) is 9.59 Å². The summed E-state index contributed by atoms with van der Waals surface area (Å²) in [5.74, 6) is 1.64. The van der Waals surface area contributed by atoms with E-state index in [9.17, 15) is 9.59 Å². The SMILES string of the molecule is CC(C)CCCCCCCCCCOC(=O)CCCCCCCCCCC(=O)OCCCCCCCCCCC(C)C. The molecule has 0 saturated carbocycles. The van der Waals surface area contributed by atoms with Crippen molar-refractivity contribution in [3.8, 4) is 0 Å². The molecule has 0 radical (unpaired) electrons. The molecule has 4 heteroatoms. The van der Waals surface area contributed by atoms with Crippen molar-refractivity contribution in [1.82, 2.24) is 0 Å². The Kier molecular flexibility index (Phi) is 32.0. The molecule has 4 nitrogen and oxygen atoms in total. The van der Waals surface area contributed by atoms with Crippen LogP contribution >= 0.6 is 0 Å². The maximum absolute atomic E-state index is 11.9. The van der Waals surface area contributed by atoms with Gasteiger partial charge < -0.3 is 9.47 Å². The summed E-state index contributed by atoms with van der Waals surface area (Å²) in [6.45, 7) is 10.4. The summed E-state index contributed by atoms with van der Waals surface area (Å²) in [7, 11) is 0. The first-order valence-electron chi connectivity index (χ1n) is 18.7. The molecule has 0 bridgehead atoms. The zero-order valence-electron chi connectivity index (χ0n) is 29.0. The summed E-state index contributed by atoms with van der Waals surface area (Å²) in [5.41, 5.74) is 0. The molecular formula is C38H74O4. The van der Waals surface area contributed by atoms with E-state index in [1.54, 1.807) is 0 Å². The van der Waals surface area contributed by atoms with Crippen molar-refractivity contribution >= 4 is 11.9 Å². The molecular weight excluding hydrogens is 520 g/mol. The number of esters is 2. The van der Waals surface area contributed by atoms with Crippen LogP contribution in [0.5, 0.6) is 0 Å². The highest BCUT2D eigenvalue weighted by Gasteiger charge is 2.04. The molecule has 0 rings (SSSR count). The van der Waals surface area contributed by atoms with E-state index in [0.717, 1.165) is 50.4 Å². The van der Waals surface area contributed by atoms with Gasteiger partial charge in [-0.1, -0.05) is 169 Å². The van der Waals surface area contributed by atoms with Crippen LogP contribution in [-0.2, 0) is 19.1 Å². The number of carbonyl (C=O) groups excluding carboxylic acids is 2. The molecule has 0 unspecified atom stereocenters. The molecule has 0 aliphatic heterocycles. The molecule has 0 spiro atoms. The molecule has 0 atom stereocenters. The van der Waals surface area contributed by atoms with Gasteiger partial charge in [0.15, 0.2) is 0 Å². The third kappa shape index (κ3) is 35.1. The Morgan fingerprint density at radius 1 is 0.357 bits per heavy atom. The minimum Gasteiger partial charge on any atom is -0.466 e. The zero-order chi connectivity index (χ0) is 30.9. The average Bonchev–Trinajstić information content (AvgIpc) is 2.95. The number of hydrogen-bond acceptors (Lipinski definition) is 4. The highest BCUT2D eigenvalue weighted by molar-refractivity contribution is 5.69. The van der Waals surface area contributed by atoms with Crippen molar-refractivity contribution < 1.29 is 19.1 Å². The second kappa shape index (κ2) is 32.8. The van der Waals surface area contributed by atoms with E-state index in [-0.39, 0.29) is 11.9 Å². The molecule has 0 saturated heterocycles. The van der Waals surface area contributed by atoms with E-state index in [4.69, 9.17) is 9.47 Å². The second-order valence-electron chi connectivity index (χ2n) is 13.8. The van der Waals surface area contributed by atoms with Crippen LogP contribution in [0.15, 0.2) is 0 Å². The monoisotopic (exact) mass is 595 g/mol. The summed E-state index contributed by atoms with van der Waals surface area (Å²) in [5, 5.41) is 0. The molecule has 0 aromatic rings. The first kappa shape index (κ1) is 40.9. The van der Waals surface area contributed by atoms with Crippen LogP contribution in [-0.4, -0.2) is 25.2 Å². The van der Waals surface area contributed by atoms with Crippen molar-refractivity contribution in [1.29, 1.82) is 0 Å². The predicted molar refractivity (Wildman–Crippen MR) is 181 cm³/mol. The number of rotatable bonds is 33. The van der Waals surface area contributed by atoms with Crippen LogP contribution in [0, 0.1) is 11.8 Å². The zero-order valence-corrected chi connectivity index (χ0v) is 29.0. The second-order valence-corrected chi connectivity index (χ2v) is 13.8. The minimum atomic E-state index is -0.0186. The molecule has 250 valence electrons. The fraction of sp³-hybridized carbons (Fsp3) is 0.947. The Balaban J connectivity index is 3.25. The molecule has 0 aliphatic rings. The normalized spacial score (nSPS) is 11.5. The van der Waals surface area contributed by atoms with Crippen LogP contribution < -0.4 is 0 Å². The summed E-state index contributed by atoms with van der Waals surface area (Å²) in [6, 6.07) is 0. The van der Waals surface area contributed by atoms with Gasteiger partial charge in [0.2, 0.25) is 0 Å². The van der Waals surface area contributed by atoms with Crippen molar-refractivity contribution in [3.63, 3.8) is 0 Å². The Labute approximate surface area is 263 Å². The van der Waals surface area contributed by atoms with Gasteiger partial charge in [-0.05, 0) is 37.5 Å². The van der Waals surface area contributed by atoms with Gasteiger partial charge in [0.1, 0.15) is 0 Å². The van der Waals surface area contributed by atoms with Crippen LogP contribution in [0.25, 0.3) is 0 Å². The molecule has 0 fully saturated rings. The summed E-state index contributed by atoms with van der Waals surface area (Å²) >= 11 is 0. The standard InChI is InChI=1S/C38H74O4/c1-35(2)29-23-17-11-7-9-15-21-27-33-41-37(39)31-25-19-13-5-6-14-20-26-32-38(40)42-34-28-22-16-10-8-12-18-24-30-36(3)4/h35-36H,5-34H2,1-4H3. The predicted octanol–water partition coefficient (Wildman–Crippen LogP) is 12.3. The van der Waals surface area contributed by atoms with Crippen LogP contribution in [0.1, 0.15) is 207 Å². The van der Waals surface area contributed by atoms with E-state index in [0.29, 0.717) is 26.1 Å². The van der Waals surface area contributed by atoms with Gasteiger partial charge in [-0.2, -0.15) is 0 Å². The van der Waals surface area contributed by atoms with Gasteiger partial charge in [0.05, 0.1) is 13.2 Å². The van der Waals surface area contributed by atoms with Crippen LogP contribution in [0.4, 0.5) is 0 Å². The van der Waals surface area contributed by atoms with Crippen molar-refractivity contribution in [2.75, 3.05) is 13.2 Å². The number of carbonyl (C=O) groups is 2. The lowest BCUT2D eigenvalue weighted by atomic mass is 10.0.